The smallest absolute Gasteiger partial charge is 0.256 e. The first kappa shape index (κ1) is 17.8. The highest BCUT2D eigenvalue weighted by Crippen LogP contribution is 2.38. The fraction of sp³-hybridized carbons (Fsp3) is 0.200. The van der Waals surface area contributed by atoms with Crippen molar-refractivity contribution in [2.45, 2.75) is 12.8 Å². The molecule has 1 amide bonds. The van der Waals surface area contributed by atoms with Gasteiger partial charge in [-0.1, -0.05) is 46.3 Å². The first-order valence-electron chi connectivity index (χ1n) is 8.05. The van der Waals surface area contributed by atoms with Crippen LogP contribution in [0.5, 0.6) is 0 Å². The summed E-state index contributed by atoms with van der Waals surface area (Å²) in [6.45, 7) is 1.77. The van der Waals surface area contributed by atoms with Gasteiger partial charge in [0.25, 0.3) is 5.91 Å². The van der Waals surface area contributed by atoms with Crippen molar-refractivity contribution in [1.29, 1.82) is 10.5 Å². The number of halogens is 1. The highest BCUT2D eigenvalue weighted by molar-refractivity contribution is 9.10. The van der Waals surface area contributed by atoms with Crippen LogP contribution < -0.4 is 5.01 Å². The van der Waals surface area contributed by atoms with Crippen LogP contribution in [0.2, 0.25) is 0 Å². The van der Waals surface area contributed by atoms with E-state index in [1.807, 2.05) is 54.6 Å². The molecule has 1 aliphatic rings. The summed E-state index contributed by atoms with van der Waals surface area (Å²) in [5, 5.41) is 24.7. The van der Waals surface area contributed by atoms with E-state index in [9.17, 15) is 15.3 Å². The van der Waals surface area contributed by atoms with Crippen LogP contribution >= 0.6 is 15.9 Å². The summed E-state index contributed by atoms with van der Waals surface area (Å²) in [6, 6.07) is 20.6. The lowest BCUT2D eigenvalue weighted by Gasteiger charge is -2.24. The van der Waals surface area contributed by atoms with Crippen LogP contribution in [-0.4, -0.2) is 11.6 Å². The maximum Gasteiger partial charge on any atom is 0.256 e. The fourth-order valence-electron chi connectivity index (χ4n) is 3.20. The topological polar surface area (TPSA) is 80.2 Å². The highest BCUT2D eigenvalue weighted by atomic mass is 79.9. The van der Waals surface area contributed by atoms with Gasteiger partial charge in [-0.25, -0.2) is 5.01 Å². The first-order valence-corrected chi connectivity index (χ1v) is 8.85. The minimum Gasteiger partial charge on any atom is -0.272 e. The number of hydrogen-bond acceptors (Lipinski definition) is 4. The second-order valence-corrected chi connectivity index (χ2v) is 6.93. The average Bonchev–Trinajstić information content (AvgIpc) is 2.96. The zero-order chi connectivity index (χ0) is 18.7. The molecule has 1 aliphatic heterocycles. The summed E-state index contributed by atoms with van der Waals surface area (Å²) >= 11 is 3.38. The molecule has 0 fully saturated rings. The van der Waals surface area contributed by atoms with E-state index in [1.165, 1.54) is 5.01 Å². The summed E-state index contributed by atoms with van der Waals surface area (Å²) in [5.74, 6) is -2.41. The SMILES string of the molecule is CC1=NN(c2ccccc2)C(=O)[C@H]1[C@H](c1ccc(Br)cc1)C(C#N)C#N. The van der Waals surface area contributed by atoms with E-state index in [0.717, 1.165) is 10.0 Å². The molecular formula is C20H15BrN4O. The van der Waals surface area contributed by atoms with Gasteiger partial charge in [0.05, 0.1) is 23.7 Å². The molecule has 6 heteroatoms. The molecule has 26 heavy (non-hydrogen) atoms. The standard InChI is InChI=1S/C20H15BrN4O/c1-13-18(20(26)25(24-13)17-5-3-2-4-6-17)19(15(11-22)12-23)14-7-9-16(21)10-8-14/h2-10,15,18-19H,1H3/t18-,19-/m1/s1. The third-order valence-electron chi connectivity index (χ3n) is 4.43. The maximum absolute atomic E-state index is 13.1. The molecule has 0 bridgehead atoms. The Morgan fingerprint density at radius 3 is 2.27 bits per heavy atom. The zero-order valence-electron chi connectivity index (χ0n) is 14.0. The molecule has 0 unspecified atom stereocenters. The van der Waals surface area contributed by atoms with Gasteiger partial charge in [-0.05, 0) is 36.8 Å². The van der Waals surface area contributed by atoms with E-state index >= 15 is 0 Å². The van der Waals surface area contributed by atoms with Crippen molar-refractivity contribution >= 4 is 33.2 Å². The second kappa shape index (κ2) is 7.51. The molecule has 5 nitrogen and oxygen atoms in total. The van der Waals surface area contributed by atoms with Gasteiger partial charge in [0.1, 0.15) is 5.92 Å². The van der Waals surface area contributed by atoms with Crippen LogP contribution in [0.15, 0.2) is 64.2 Å². The number of carbonyl (C=O) groups excluding carboxylic acids is 1. The number of amides is 1. The Balaban J connectivity index is 2.04. The molecule has 1 heterocycles. The third-order valence-corrected chi connectivity index (χ3v) is 4.96. The molecule has 2 aromatic carbocycles. The van der Waals surface area contributed by atoms with Gasteiger partial charge in [0.15, 0.2) is 0 Å². The molecule has 0 N–H and O–H groups in total. The summed E-state index contributed by atoms with van der Waals surface area (Å²) in [6.07, 6.45) is 0. The lowest BCUT2D eigenvalue weighted by atomic mass is 9.76. The fourth-order valence-corrected chi connectivity index (χ4v) is 3.46. The van der Waals surface area contributed by atoms with Gasteiger partial charge in [-0.3, -0.25) is 4.79 Å². The van der Waals surface area contributed by atoms with E-state index in [-0.39, 0.29) is 5.91 Å². The lowest BCUT2D eigenvalue weighted by Crippen LogP contribution is -2.34. The molecule has 128 valence electrons. The summed E-state index contributed by atoms with van der Waals surface area (Å²) in [4.78, 5) is 13.1. The minimum atomic E-state index is -0.953. The Kier molecular flexibility index (Phi) is 5.16. The van der Waals surface area contributed by atoms with E-state index in [4.69, 9.17) is 0 Å². The van der Waals surface area contributed by atoms with Crippen molar-refractivity contribution < 1.29 is 4.79 Å². The number of hydrogen-bond donors (Lipinski definition) is 0. The Morgan fingerprint density at radius 2 is 1.69 bits per heavy atom. The number of para-hydroxylation sites is 1. The van der Waals surface area contributed by atoms with Crippen LogP contribution in [0.4, 0.5) is 5.69 Å². The summed E-state index contributed by atoms with van der Waals surface area (Å²) < 4.78 is 0.888. The normalized spacial score (nSPS) is 17.6. The molecule has 0 aromatic heterocycles. The second-order valence-electron chi connectivity index (χ2n) is 6.02. The van der Waals surface area contributed by atoms with Crippen LogP contribution in [0.25, 0.3) is 0 Å². The van der Waals surface area contributed by atoms with E-state index in [2.05, 4.69) is 21.0 Å². The van der Waals surface area contributed by atoms with Gasteiger partial charge in [0, 0.05) is 16.1 Å². The molecule has 0 spiro atoms. The highest BCUT2D eigenvalue weighted by Gasteiger charge is 2.44. The number of rotatable bonds is 4. The van der Waals surface area contributed by atoms with Crippen molar-refractivity contribution in [3.05, 3.63) is 64.6 Å². The number of carbonyl (C=O) groups is 1. The van der Waals surface area contributed by atoms with Crippen molar-refractivity contribution in [3.63, 3.8) is 0 Å². The predicted molar refractivity (Wildman–Crippen MR) is 102 cm³/mol. The lowest BCUT2D eigenvalue weighted by molar-refractivity contribution is -0.120. The Hall–Kier alpha value is -2.96. The Labute approximate surface area is 160 Å². The van der Waals surface area contributed by atoms with Gasteiger partial charge in [-0.15, -0.1) is 0 Å². The van der Waals surface area contributed by atoms with Gasteiger partial charge in [0.2, 0.25) is 0 Å². The quantitative estimate of drug-likeness (QED) is 0.761. The van der Waals surface area contributed by atoms with Gasteiger partial charge < -0.3 is 0 Å². The van der Waals surface area contributed by atoms with E-state index < -0.39 is 17.8 Å². The summed E-state index contributed by atoms with van der Waals surface area (Å²) in [5.41, 5.74) is 2.03. The zero-order valence-corrected chi connectivity index (χ0v) is 15.6. The molecule has 0 saturated heterocycles. The van der Waals surface area contributed by atoms with Crippen LogP contribution in [0.1, 0.15) is 18.4 Å². The monoisotopic (exact) mass is 406 g/mol. The average molecular weight is 407 g/mol. The number of hydrazone groups is 1. The minimum absolute atomic E-state index is 0.225. The predicted octanol–water partition coefficient (Wildman–Crippen LogP) is 4.23. The third kappa shape index (κ3) is 3.24. The molecule has 3 rings (SSSR count). The molecule has 0 saturated carbocycles. The van der Waals surface area contributed by atoms with Crippen LogP contribution in [-0.2, 0) is 4.79 Å². The maximum atomic E-state index is 13.1. The number of anilines is 1. The summed E-state index contributed by atoms with van der Waals surface area (Å²) in [7, 11) is 0. The van der Waals surface area contributed by atoms with Crippen LogP contribution in [0.3, 0.4) is 0 Å². The van der Waals surface area contributed by atoms with Crippen LogP contribution in [0, 0.1) is 34.5 Å². The number of nitrogens with zero attached hydrogens (tertiary/aromatic N) is 4. The number of nitriles is 2. The first-order chi connectivity index (χ1) is 12.6. The molecule has 0 radical (unpaired) electrons. The van der Waals surface area contributed by atoms with Crippen molar-refractivity contribution in [2.75, 3.05) is 5.01 Å². The van der Waals surface area contributed by atoms with E-state index in [1.54, 1.807) is 19.1 Å². The molecule has 2 aromatic rings. The number of benzene rings is 2. The van der Waals surface area contributed by atoms with Gasteiger partial charge in [-0.2, -0.15) is 15.6 Å². The van der Waals surface area contributed by atoms with Crippen molar-refractivity contribution in [2.24, 2.45) is 16.9 Å². The molecule has 2 atom stereocenters. The van der Waals surface area contributed by atoms with Crippen molar-refractivity contribution in [1.82, 2.24) is 0 Å². The van der Waals surface area contributed by atoms with E-state index in [0.29, 0.717) is 11.4 Å². The Morgan fingerprint density at radius 1 is 1.08 bits per heavy atom. The van der Waals surface area contributed by atoms with Crippen molar-refractivity contribution in [3.8, 4) is 12.1 Å². The largest absolute Gasteiger partial charge is 0.272 e. The molecular weight excluding hydrogens is 392 g/mol. The Bertz CT molecular complexity index is 911. The van der Waals surface area contributed by atoms with Gasteiger partial charge >= 0.3 is 0 Å². The molecule has 0 aliphatic carbocycles.